The highest BCUT2D eigenvalue weighted by atomic mass is 16.5. The number of nitrogens with zero attached hydrogens (tertiary/aromatic N) is 4. The van der Waals surface area contributed by atoms with Crippen LogP contribution in [0.25, 0.3) is 21.9 Å². The minimum absolute atomic E-state index is 0.0903. The number of aryl methyl sites for hydroxylation is 1. The monoisotopic (exact) mass is 530 g/mol. The molecule has 206 valence electrons. The zero-order chi connectivity index (χ0) is 26.8. The molecule has 0 saturated heterocycles. The molecular weight excluding hydrogens is 492 g/mol. The number of aromatic nitrogens is 4. The van der Waals surface area contributed by atoms with E-state index in [9.17, 15) is 9.90 Å². The van der Waals surface area contributed by atoms with Gasteiger partial charge in [0, 0.05) is 36.1 Å². The van der Waals surface area contributed by atoms with Gasteiger partial charge < -0.3 is 25.0 Å². The summed E-state index contributed by atoms with van der Waals surface area (Å²) in [6.45, 7) is 4.64. The SMILES string of the molecule is CN(CCCn1nnc2cc(CNCCc3ccc(O)c4[nH]c(=O)ccc34)c3c(c21)COC3)C1CCCCC1. The van der Waals surface area contributed by atoms with Crippen molar-refractivity contribution in [1.29, 1.82) is 0 Å². The predicted octanol–water partition coefficient (Wildman–Crippen LogP) is 4.00. The van der Waals surface area contributed by atoms with Crippen LogP contribution in [-0.2, 0) is 37.5 Å². The van der Waals surface area contributed by atoms with E-state index in [1.54, 1.807) is 12.1 Å². The highest BCUT2D eigenvalue weighted by molar-refractivity contribution is 5.87. The van der Waals surface area contributed by atoms with Crippen molar-refractivity contribution in [2.45, 2.75) is 77.3 Å². The lowest BCUT2D eigenvalue weighted by Crippen LogP contribution is -2.34. The van der Waals surface area contributed by atoms with Gasteiger partial charge in [0.1, 0.15) is 11.3 Å². The van der Waals surface area contributed by atoms with Crippen molar-refractivity contribution in [3.05, 3.63) is 62.9 Å². The first kappa shape index (κ1) is 26.0. The molecule has 0 atom stereocenters. The zero-order valence-corrected chi connectivity index (χ0v) is 22.7. The second-order valence-electron chi connectivity index (χ2n) is 11.1. The summed E-state index contributed by atoms with van der Waals surface area (Å²) in [5.41, 5.74) is 7.09. The number of aromatic amines is 1. The summed E-state index contributed by atoms with van der Waals surface area (Å²) < 4.78 is 7.98. The van der Waals surface area contributed by atoms with E-state index in [4.69, 9.17) is 4.74 Å². The Morgan fingerprint density at radius 2 is 1.97 bits per heavy atom. The normalized spacial score (nSPS) is 16.1. The summed E-state index contributed by atoms with van der Waals surface area (Å²) >= 11 is 0. The Morgan fingerprint density at radius 1 is 1.13 bits per heavy atom. The van der Waals surface area contributed by atoms with E-state index < -0.39 is 0 Å². The lowest BCUT2D eigenvalue weighted by Gasteiger charge is -2.31. The molecule has 0 amide bonds. The van der Waals surface area contributed by atoms with Crippen molar-refractivity contribution >= 4 is 21.9 Å². The molecule has 1 fully saturated rings. The summed E-state index contributed by atoms with van der Waals surface area (Å²) in [6, 6.07) is 9.73. The molecular formula is C30H38N6O3. The number of nitrogens with one attached hydrogen (secondary N) is 2. The Kier molecular flexibility index (Phi) is 7.63. The van der Waals surface area contributed by atoms with Crippen molar-refractivity contribution in [1.82, 2.24) is 30.2 Å². The quantitative estimate of drug-likeness (QED) is 0.266. The number of phenolic OH excluding ortho intramolecular Hbond substituents is 1. The van der Waals surface area contributed by atoms with Crippen molar-refractivity contribution in [3.8, 4) is 5.75 Å². The van der Waals surface area contributed by atoms with Gasteiger partial charge in [-0.05, 0) is 80.7 Å². The second kappa shape index (κ2) is 11.5. The molecule has 3 N–H and O–H groups in total. The molecule has 39 heavy (non-hydrogen) atoms. The fourth-order valence-corrected chi connectivity index (χ4v) is 6.36. The van der Waals surface area contributed by atoms with Gasteiger partial charge in [-0.3, -0.25) is 4.79 Å². The summed E-state index contributed by atoms with van der Waals surface area (Å²) in [4.78, 5) is 17.0. The van der Waals surface area contributed by atoms with Gasteiger partial charge in [0.25, 0.3) is 0 Å². The Bertz CT molecular complexity index is 1520. The van der Waals surface area contributed by atoms with Crippen LogP contribution >= 0.6 is 0 Å². The summed E-state index contributed by atoms with van der Waals surface area (Å²) in [7, 11) is 2.27. The molecule has 0 radical (unpaired) electrons. The average Bonchev–Trinajstić information content (AvgIpc) is 3.60. The Balaban J connectivity index is 1.10. The Labute approximate surface area is 228 Å². The van der Waals surface area contributed by atoms with Gasteiger partial charge in [0.15, 0.2) is 0 Å². The van der Waals surface area contributed by atoms with Crippen LogP contribution in [0.4, 0.5) is 0 Å². The number of fused-ring (bicyclic) bond motifs is 4. The third-order valence-electron chi connectivity index (χ3n) is 8.53. The Hall–Kier alpha value is -3.27. The number of hydrogen-bond acceptors (Lipinski definition) is 7. The molecule has 1 saturated carbocycles. The number of benzene rings is 2. The fourth-order valence-electron chi connectivity index (χ4n) is 6.36. The highest BCUT2D eigenvalue weighted by Gasteiger charge is 2.23. The lowest BCUT2D eigenvalue weighted by atomic mass is 9.94. The number of hydrogen-bond donors (Lipinski definition) is 3. The smallest absolute Gasteiger partial charge is 0.248 e. The van der Waals surface area contributed by atoms with E-state index in [2.05, 4.69) is 43.3 Å². The van der Waals surface area contributed by atoms with Crippen molar-refractivity contribution in [2.75, 3.05) is 20.1 Å². The molecule has 9 heteroatoms. The minimum Gasteiger partial charge on any atom is -0.506 e. The van der Waals surface area contributed by atoms with Crippen LogP contribution in [-0.4, -0.2) is 56.2 Å². The van der Waals surface area contributed by atoms with Crippen molar-refractivity contribution in [3.63, 3.8) is 0 Å². The number of phenols is 1. The van der Waals surface area contributed by atoms with Crippen LogP contribution in [0.2, 0.25) is 0 Å². The van der Waals surface area contributed by atoms with Crippen molar-refractivity contribution in [2.24, 2.45) is 0 Å². The molecule has 2 aromatic carbocycles. The molecule has 3 heterocycles. The van der Waals surface area contributed by atoms with E-state index in [0.717, 1.165) is 60.5 Å². The molecule has 1 aliphatic heterocycles. The number of aromatic hydroxyl groups is 1. The van der Waals surface area contributed by atoms with E-state index in [1.165, 1.54) is 54.9 Å². The van der Waals surface area contributed by atoms with Crippen LogP contribution in [0.5, 0.6) is 5.75 Å². The maximum atomic E-state index is 11.7. The third kappa shape index (κ3) is 5.44. The molecule has 4 aromatic rings. The average molecular weight is 531 g/mol. The standard InChI is InChI=1S/C30H38N6O3/c1-35(22-6-3-2-4-7-22)14-5-15-36-30-25-19-39-18-24(25)21(16-26(30)33-34-36)17-31-13-12-20-8-10-27(37)29-23(20)9-11-28(38)32-29/h8-11,16,22,31,37H,2-7,12-15,17-19H2,1H3,(H,32,38). The summed E-state index contributed by atoms with van der Waals surface area (Å²) in [5, 5.41) is 23.6. The number of pyridine rings is 1. The molecule has 6 rings (SSSR count). The number of ether oxygens (including phenoxy) is 1. The minimum atomic E-state index is -0.219. The topological polar surface area (TPSA) is 108 Å². The summed E-state index contributed by atoms with van der Waals surface area (Å²) in [5.74, 6) is 0.0903. The number of rotatable bonds is 10. The largest absolute Gasteiger partial charge is 0.506 e. The highest BCUT2D eigenvalue weighted by Crippen LogP contribution is 2.31. The van der Waals surface area contributed by atoms with Gasteiger partial charge in [-0.1, -0.05) is 30.5 Å². The van der Waals surface area contributed by atoms with Gasteiger partial charge in [0.05, 0.1) is 24.2 Å². The summed E-state index contributed by atoms with van der Waals surface area (Å²) in [6.07, 6.45) is 8.61. The second-order valence-corrected chi connectivity index (χ2v) is 11.1. The predicted molar refractivity (Wildman–Crippen MR) is 152 cm³/mol. The maximum Gasteiger partial charge on any atom is 0.248 e. The number of H-pyrrole nitrogens is 1. The first-order valence-corrected chi connectivity index (χ1v) is 14.3. The van der Waals surface area contributed by atoms with E-state index in [1.807, 2.05) is 6.07 Å². The molecule has 0 bridgehead atoms. The van der Waals surface area contributed by atoms with Gasteiger partial charge in [-0.2, -0.15) is 0 Å². The van der Waals surface area contributed by atoms with Crippen LogP contribution in [0.15, 0.2) is 35.1 Å². The zero-order valence-electron chi connectivity index (χ0n) is 22.7. The molecule has 0 unspecified atom stereocenters. The van der Waals surface area contributed by atoms with Crippen LogP contribution < -0.4 is 10.9 Å². The van der Waals surface area contributed by atoms with Crippen LogP contribution in [0.1, 0.15) is 60.8 Å². The molecule has 0 spiro atoms. The molecule has 2 aromatic heterocycles. The first-order chi connectivity index (χ1) is 19.1. The van der Waals surface area contributed by atoms with E-state index in [0.29, 0.717) is 25.3 Å². The molecule has 2 aliphatic rings. The van der Waals surface area contributed by atoms with Gasteiger partial charge >= 0.3 is 0 Å². The lowest BCUT2D eigenvalue weighted by molar-refractivity contribution is 0.134. The Morgan fingerprint density at radius 3 is 2.85 bits per heavy atom. The van der Waals surface area contributed by atoms with Gasteiger partial charge in [0.2, 0.25) is 5.56 Å². The third-order valence-corrected chi connectivity index (χ3v) is 8.53. The van der Waals surface area contributed by atoms with E-state index >= 15 is 0 Å². The molecule has 1 aliphatic carbocycles. The van der Waals surface area contributed by atoms with E-state index in [-0.39, 0.29) is 11.3 Å². The van der Waals surface area contributed by atoms with Crippen LogP contribution in [0, 0.1) is 0 Å². The maximum absolute atomic E-state index is 11.7. The molecule has 9 nitrogen and oxygen atoms in total. The van der Waals surface area contributed by atoms with Crippen molar-refractivity contribution < 1.29 is 9.84 Å². The fraction of sp³-hybridized carbons (Fsp3) is 0.500. The van der Waals surface area contributed by atoms with Gasteiger partial charge in [-0.15, -0.1) is 5.10 Å². The van der Waals surface area contributed by atoms with Crippen LogP contribution in [0.3, 0.4) is 0 Å². The van der Waals surface area contributed by atoms with Gasteiger partial charge in [-0.25, -0.2) is 4.68 Å². The first-order valence-electron chi connectivity index (χ1n) is 14.3.